The standard InChI is InChI=1S/2C18H17.C3H6.2ClH.Hf/c2*1-2-6-13(5-1)16-11-15-10-9-14-7-3-4-8-17(14)18(15)12-16;1-3-2;;;/h2*3-4,7-13H,1-2,5-6H2;1-3H2;2*1H;/q2*-1;-2;;;/p-2. The van der Waals surface area contributed by atoms with Gasteiger partial charge in [-0.25, -0.2) is 0 Å². The van der Waals surface area contributed by atoms with Gasteiger partial charge < -0.3 is 45.1 Å². The molecule has 8 rings (SSSR count). The van der Waals surface area contributed by atoms with E-state index in [2.05, 4.69) is 111 Å². The third kappa shape index (κ3) is 7.40. The van der Waals surface area contributed by atoms with E-state index in [4.69, 9.17) is 0 Å². The molecule has 2 fully saturated rings. The summed E-state index contributed by atoms with van der Waals surface area (Å²) in [7, 11) is 0. The van der Waals surface area contributed by atoms with E-state index in [1.807, 2.05) is 0 Å². The van der Waals surface area contributed by atoms with Crippen molar-refractivity contribution in [3.8, 4) is 0 Å². The Bertz CT molecular complexity index is 1550. The van der Waals surface area contributed by atoms with Crippen molar-refractivity contribution in [2.45, 2.75) is 69.6 Å². The van der Waals surface area contributed by atoms with Crippen molar-refractivity contribution in [2.75, 3.05) is 0 Å². The van der Waals surface area contributed by atoms with Crippen LogP contribution in [0.2, 0.25) is 0 Å². The second-order valence-electron chi connectivity index (χ2n) is 11.5. The fraction of sp³-hybridized carbons (Fsp3) is 0.282. The number of fused-ring (bicyclic) bond motifs is 6. The molecule has 6 aromatic carbocycles. The topological polar surface area (TPSA) is 0 Å². The minimum atomic E-state index is 0. The zero-order valence-electron chi connectivity index (χ0n) is 24.4. The van der Waals surface area contributed by atoms with Gasteiger partial charge in [0.05, 0.1) is 0 Å². The van der Waals surface area contributed by atoms with Gasteiger partial charge in [0.25, 0.3) is 0 Å². The number of halogens is 2. The van der Waals surface area contributed by atoms with Gasteiger partial charge in [-0.1, -0.05) is 97.1 Å². The molecule has 0 spiro atoms. The molecule has 0 amide bonds. The molecule has 0 nitrogen and oxygen atoms in total. The number of benzene rings is 4. The van der Waals surface area contributed by atoms with Crippen LogP contribution in [0.5, 0.6) is 0 Å². The zero-order valence-corrected chi connectivity index (χ0v) is 29.5. The number of hydrogen-bond acceptors (Lipinski definition) is 0. The molecule has 42 heavy (non-hydrogen) atoms. The molecule has 0 radical (unpaired) electrons. The maximum atomic E-state index is 3.38. The van der Waals surface area contributed by atoms with Crippen LogP contribution in [0.4, 0.5) is 0 Å². The Balaban J connectivity index is 0.000000198. The van der Waals surface area contributed by atoms with Crippen LogP contribution in [0.15, 0.2) is 97.1 Å². The summed E-state index contributed by atoms with van der Waals surface area (Å²) in [6.07, 6.45) is 11.9. The second-order valence-corrected chi connectivity index (χ2v) is 11.5. The van der Waals surface area contributed by atoms with Gasteiger partial charge in [0.2, 0.25) is 0 Å². The third-order valence-corrected chi connectivity index (χ3v) is 8.93. The molecule has 0 aromatic heterocycles. The molecule has 0 bridgehead atoms. The zero-order chi connectivity index (χ0) is 26.6. The summed E-state index contributed by atoms with van der Waals surface area (Å²) in [6.45, 7) is 6.75. The van der Waals surface area contributed by atoms with Crippen LogP contribution in [0.25, 0.3) is 43.1 Å². The van der Waals surface area contributed by atoms with E-state index in [0.29, 0.717) is 0 Å². The second kappa shape index (κ2) is 16.2. The quantitative estimate of drug-likeness (QED) is 0.155. The Morgan fingerprint density at radius 2 is 0.881 bits per heavy atom. The Morgan fingerprint density at radius 3 is 1.26 bits per heavy atom. The van der Waals surface area contributed by atoms with Crippen molar-refractivity contribution in [1.82, 2.24) is 0 Å². The molecule has 2 aliphatic rings. The number of hydrogen-bond donors (Lipinski definition) is 0. The predicted molar refractivity (Wildman–Crippen MR) is 172 cm³/mol. The summed E-state index contributed by atoms with van der Waals surface area (Å²) in [6, 6.07) is 36.2. The van der Waals surface area contributed by atoms with E-state index in [1.54, 1.807) is 11.1 Å². The molecular formula is C39H40Cl2Hf-6. The molecule has 0 heterocycles. The summed E-state index contributed by atoms with van der Waals surface area (Å²) in [4.78, 5) is 0. The molecular weight excluding hydrogens is 718 g/mol. The van der Waals surface area contributed by atoms with Gasteiger partial charge in [0, 0.05) is 25.8 Å². The molecule has 0 aliphatic heterocycles. The average Bonchev–Trinajstić information content (AvgIpc) is 3.79. The van der Waals surface area contributed by atoms with Crippen molar-refractivity contribution in [2.24, 2.45) is 0 Å². The van der Waals surface area contributed by atoms with Crippen LogP contribution in [-0.4, -0.2) is 0 Å². The first kappa shape index (κ1) is 34.6. The van der Waals surface area contributed by atoms with Gasteiger partial charge in [0.15, 0.2) is 0 Å². The number of rotatable bonds is 2. The molecule has 0 atom stereocenters. The maximum Gasteiger partial charge on any atom is 0 e. The summed E-state index contributed by atoms with van der Waals surface area (Å²) in [5.41, 5.74) is 3.14. The van der Waals surface area contributed by atoms with Crippen LogP contribution >= 0.6 is 0 Å². The van der Waals surface area contributed by atoms with Crippen molar-refractivity contribution in [3.05, 3.63) is 122 Å². The van der Waals surface area contributed by atoms with Gasteiger partial charge in [-0.15, -0.1) is 56.9 Å². The van der Waals surface area contributed by atoms with Gasteiger partial charge in [-0.05, 0) is 48.3 Å². The minimum Gasteiger partial charge on any atom is -1.00 e. The fourth-order valence-corrected chi connectivity index (χ4v) is 6.96. The van der Waals surface area contributed by atoms with Gasteiger partial charge in [-0.3, -0.25) is 0 Å². The van der Waals surface area contributed by atoms with Crippen molar-refractivity contribution in [1.29, 1.82) is 0 Å². The summed E-state index contributed by atoms with van der Waals surface area (Å²) in [5.74, 6) is 1.63. The Hall–Kier alpha value is -1.93. The van der Waals surface area contributed by atoms with E-state index in [1.165, 1.54) is 94.5 Å². The van der Waals surface area contributed by atoms with Crippen LogP contribution < -0.4 is 24.8 Å². The SMILES string of the molecule is [CH2-]C[CH2-].[Cl-].[Cl-].[Hf].c1ccc2c(c1)ccc1[cH-]c(C3CCCC3)cc12.c1ccc2c(c1)ccc1[cH-]c(C3CCCC3)cc12. The van der Waals surface area contributed by atoms with Crippen LogP contribution in [0, 0.1) is 13.8 Å². The summed E-state index contributed by atoms with van der Waals surface area (Å²) < 4.78 is 0. The van der Waals surface area contributed by atoms with Crippen LogP contribution in [0.1, 0.15) is 80.8 Å². The Labute approximate surface area is 283 Å². The van der Waals surface area contributed by atoms with E-state index in [-0.39, 0.29) is 50.7 Å². The van der Waals surface area contributed by atoms with Crippen LogP contribution in [-0.2, 0) is 25.8 Å². The molecule has 6 aromatic rings. The molecule has 0 unspecified atom stereocenters. The largest absolute Gasteiger partial charge is 1.00 e. The molecule has 2 aliphatic carbocycles. The molecule has 0 N–H and O–H groups in total. The van der Waals surface area contributed by atoms with Gasteiger partial charge in [0.1, 0.15) is 0 Å². The first-order valence-electron chi connectivity index (χ1n) is 15.0. The van der Waals surface area contributed by atoms with E-state index in [9.17, 15) is 0 Å². The molecule has 0 saturated heterocycles. The Kier molecular flexibility index (Phi) is 13.4. The van der Waals surface area contributed by atoms with Crippen molar-refractivity contribution >= 4 is 43.1 Å². The normalized spacial score (nSPS) is 14.9. The average molecular weight is 758 g/mol. The van der Waals surface area contributed by atoms with E-state index in [0.717, 1.165) is 18.3 Å². The van der Waals surface area contributed by atoms with Crippen LogP contribution in [0.3, 0.4) is 0 Å². The first-order valence-corrected chi connectivity index (χ1v) is 15.0. The molecule has 220 valence electrons. The smallest absolute Gasteiger partial charge is 0 e. The van der Waals surface area contributed by atoms with E-state index < -0.39 is 0 Å². The summed E-state index contributed by atoms with van der Waals surface area (Å²) >= 11 is 0. The maximum absolute atomic E-state index is 3.38. The van der Waals surface area contributed by atoms with E-state index >= 15 is 0 Å². The predicted octanol–water partition coefficient (Wildman–Crippen LogP) is 5.79. The van der Waals surface area contributed by atoms with Crippen molar-refractivity contribution in [3.63, 3.8) is 0 Å². The van der Waals surface area contributed by atoms with Crippen molar-refractivity contribution < 1.29 is 50.7 Å². The summed E-state index contributed by atoms with van der Waals surface area (Å²) in [5, 5.41) is 11.2. The van der Waals surface area contributed by atoms with Gasteiger partial charge >= 0.3 is 0 Å². The molecule has 2 saturated carbocycles. The fourth-order valence-electron chi connectivity index (χ4n) is 6.96. The minimum absolute atomic E-state index is 0. The monoisotopic (exact) mass is 758 g/mol. The first-order chi connectivity index (χ1) is 19.2. The molecule has 3 heteroatoms. The van der Waals surface area contributed by atoms with Gasteiger partial charge in [-0.2, -0.15) is 12.1 Å². The Morgan fingerprint density at radius 1 is 0.524 bits per heavy atom. The third-order valence-electron chi connectivity index (χ3n) is 8.93.